The van der Waals surface area contributed by atoms with E-state index in [-0.39, 0.29) is 17.5 Å². The van der Waals surface area contributed by atoms with Gasteiger partial charge in [0.1, 0.15) is 10.7 Å². The van der Waals surface area contributed by atoms with E-state index in [4.69, 9.17) is 0 Å². The molecule has 0 radical (unpaired) electrons. The van der Waals surface area contributed by atoms with Crippen LogP contribution in [0, 0.1) is 5.82 Å². The molecule has 0 saturated heterocycles. The van der Waals surface area contributed by atoms with E-state index in [0.717, 1.165) is 17.1 Å². The first-order valence-electron chi connectivity index (χ1n) is 7.08. The van der Waals surface area contributed by atoms with E-state index in [1.54, 1.807) is 0 Å². The molecule has 3 nitrogen and oxygen atoms in total. The molecule has 0 atom stereocenters. The smallest absolute Gasteiger partial charge is 0.347 e. The summed E-state index contributed by atoms with van der Waals surface area (Å²) in [7, 11) is 0. The molecule has 0 unspecified atom stereocenters. The molecule has 1 heterocycles. The number of nitrogens with zero attached hydrogens (tertiary/aromatic N) is 1. The number of halogens is 4. The Morgan fingerprint density at radius 3 is 2.46 bits per heavy atom. The lowest BCUT2D eigenvalue weighted by molar-refractivity contribution is -0.138. The van der Waals surface area contributed by atoms with Crippen molar-refractivity contribution in [1.29, 1.82) is 0 Å². The van der Waals surface area contributed by atoms with Crippen LogP contribution in [-0.2, 0) is 18.1 Å². The fourth-order valence-electron chi connectivity index (χ4n) is 1.96. The minimum Gasteiger partial charge on any atom is -0.347 e. The van der Waals surface area contributed by atoms with Crippen LogP contribution in [0.2, 0.25) is 0 Å². The number of hydrogen-bond donors (Lipinski definition) is 1. The summed E-state index contributed by atoms with van der Waals surface area (Å²) in [6, 6.07) is 2.37. The molecule has 1 amide bonds. The van der Waals surface area contributed by atoms with Crippen molar-refractivity contribution in [2.24, 2.45) is 0 Å². The molecular weight excluding hydrogens is 344 g/mol. The van der Waals surface area contributed by atoms with Gasteiger partial charge in [0, 0.05) is 12.0 Å². The zero-order chi connectivity index (χ0) is 18.1. The number of thiazole rings is 1. The highest BCUT2D eigenvalue weighted by Gasteiger charge is 2.33. The number of benzene rings is 1. The minimum atomic E-state index is -4.69. The molecule has 1 aromatic heterocycles. The van der Waals surface area contributed by atoms with E-state index in [1.165, 1.54) is 17.5 Å². The van der Waals surface area contributed by atoms with Gasteiger partial charge in [-0.3, -0.25) is 4.79 Å². The second-order valence-electron chi connectivity index (χ2n) is 6.26. The molecule has 8 heteroatoms. The Hall–Kier alpha value is -1.96. The van der Waals surface area contributed by atoms with E-state index >= 15 is 0 Å². The lowest BCUT2D eigenvalue weighted by Crippen LogP contribution is -2.24. The highest BCUT2D eigenvalue weighted by Crippen LogP contribution is 2.32. The fourth-order valence-corrected chi connectivity index (χ4v) is 2.85. The van der Waals surface area contributed by atoms with Gasteiger partial charge in [0.25, 0.3) is 5.91 Å². The van der Waals surface area contributed by atoms with Gasteiger partial charge in [-0.25, -0.2) is 9.37 Å². The molecule has 0 aliphatic rings. The molecule has 0 saturated carbocycles. The Morgan fingerprint density at radius 2 is 1.92 bits per heavy atom. The predicted molar refractivity (Wildman–Crippen MR) is 83.4 cm³/mol. The molecule has 1 aromatic carbocycles. The molecule has 0 aliphatic heterocycles. The van der Waals surface area contributed by atoms with E-state index in [9.17, 15) is 22.4 Å². The van der Waals surface area contributed by atoms with Gasteiger partial charge in [-0.2, -0.15) is 13.2 Å². The molecule has 2 aromatic rings. The largest absolute Gasteiger partial charge is 0.416 e. The number of nitrogens with one attached hydrogen (secondary N) is 1. The summed E-state index contributed by atoms with van der Waals surface area (Å²) in [5.74, 6) is -1.49. The van der Waals surface area contributed by atoms with Gasteiger partial charge < -0.3 is 5.32 Å². The third kappa shape index (κ3) is 4.31. The monoisotopic (exact) mass is 360 g/mol. The Morgan fingerprint density at radius 1 is 1.25 bits per heavy atom. The highest BCUT2D eigenvalue weighted by atomic mass is 32.1. The zero-order valence-electron chi connectivity index (χ0n) is 13.3. The van der Waals surface area contributed by atoms with Crippen molar-refractivity contribution < 1.29 is 22.4 Å². The van der Waals surface area contributed by atoms with Crippen molar-refractivity contribution in [3.05, 3.63) is 51.2 Å². The van der Waals surface area contributed by atoms with Crippen LogP contribution in [0.25, 0.3) is 0 Å². The van der Waals surface area contributed by atoms with Crippen molar-refractivity contribution >= 4 is 17.2 Å². The van der Waals surface area contributed by atoms with Crippen molar-refractivity contribution in [2.45, 2.75) is 38.9 Å². The summed E-state index contributed by atoms with van der Waals surface area (Å²) in [6.45, 7) is 5.49. The van der Waals surface area contributed by atoms with Crippen LogP contribution in [-0.4, -0.2) is 10.9 Å². The van der Waals surface area contributed by atoms with E-state index in [2.05, 4.69) is 10.3 Å². The molecule has 0 aliphatic carbocycles. The van der Waals surface area contributed by atoms with Gasteiger partial charge in [-0.1, -0.05) is 26.8 Å². The zero-order valence-corrected chi connectivity index (χ0v) is 14.1. The second kappa shape index (κ2) is 6.51. The number of hydrogen-bond acceptors (Lipinski definition) is 3. The maximum atomic E-state index is 13.1. The number of carbonyl (C=O) groups is 1. The van der Waals surface area contributed by atoms with Gasteiger partial charge in [-0.05, 0) is 17.7 Å². The first-order valence-corrected chi connectivity index (χ1v) is 7.90. The lowest BCUT2D eigenvalue weighted by atomic mass is 9.98. The van der Waals surface area contributed by atoms with Crippen LogP contribution in [0.15, 0.2) is 24.4 Å². The number of rotatable bonds is 3. The van der Waals surface area contributed by atoms with Crippen LogP contribution in [0.4, 0.5) is 17.6 Å². The van der Waals surface area contributed by atoms with Gasteiger partial charge >= 0.3 is 6.18 Å². The van der Waals surface area contributed by atoms with Gasteiger partial charge in [0.15, 0.2) is 0 Å². The lowest BCUT2D eigenvalue weighted by Gasteiger charge is -2.14. The summed E-state index contributed by atoms with van der Waals surface area (Å²) in [4.78, 5) is 16.6. The summed E-state index contributed by atoms with van der Waals surface area (Å²) >= 11 is 1.19. The van der Waals surface area contributed by atoms with Crippen LogP contribution < -0.4 is 5.32 Å². The molecule has 24 heavy (non-hydrogen) atoms. The second-order valence-corrected chi connectivity index (χ2v) is 7.29. The topological polar surface area (TPSA) is 42.0 Å². The maximum Gasteiger partial charge on any atom is 0.416 e. The Kier molecular flexibility index (Phi) is 4.98. The number of amides is 1. The summed E-state index contributed by atoms with van der Waals surface area (Å²) in [6.07, 6.45) is -3.29. The molecular formula is C16H16F4N2OS. The Labute approximate surface area is 140 Å². The van der Waals surface area contributed by atoms with E-state index in [1.807, 2.05) is 20.8 Å². The normalized spacial score (nSPS) is 12.3. The number of carbonyl (C=O) groups excluding carboxylic acids is 1. The molecule has 2 rings (SSSR count). The first-order chi connectivity index (χ1) is 11.0. The molecule has 0 spiro atoms. The predicted octanol–water partition coefficient (Wildman–Crippen LogP) is 4.53. The van der Waals surface area contributed by atoms with Gasteiger partial charge in [0.05, 0.1) is 16.8 Å². The van der Waals surface area contributed by atoms with Crippen molar-refractivity contribution in [1.82, 2.24) is 10.3 Å². The molecule has 130 valence electrons. The molecule has 1 N–H and O–H groups in total. The van der Waals surface area contributed by atoms with Crippen LogP contribution in [0.1, 0.15) is 46.6 Å². The SMILES string of the molecule is CC(C)(C)c1ncc(C(=O)NCc2ccc(F)cc2C(F)(F)F)s1. The fraction of sp³-hybridized carbons (Fsp3) is 0.375. The van der Waals surface area contributed by atoms with Gasteiger partial charge in [0.2, 0.25) is 0 Å². The molecule has 0 fully saturated rings. The van der Waals surface area contributed by atoms with Gasteiger partial charge in [-0.15, -0.1) is 11.3 Å². The average Bonchev–Trinajstić information content (AvgIpc) is 2.94. The summed E-state index contributed by atoms with van der Waals surface area (Å²) in [5.41, 5.74) is -1.51. The third-order valence-electron chi connectivity index (χ3n) is 3.19. The summed E-state index contributed by atoms with van der Waals surface area (Å²) in [5, 5.41) is 3.18. The summed E-state index contributed by atoms with van der Waals surface area (Å²) < 4.78 is 51.8. The average molecular weight is 360 g/mol. The van der Waals surface area contributed by atoms with Crippen LogP contribution in [0.5, 0.6) is 0 Å². The highest BCUT2D eigenvalue weighted by molar-refractivity contribution is 7.13. The quantitative estimate of drug-likeness (QED) is 0.817. The van der Waals surface area contributed by atoms with Crippen molar-refractivity contribution in [3.63, 3.8) is 0 Å². The Balaban J connectivity index is 2.14. The van der Waals surface area contributed by atoms with Crippen LogP contribution >= 0.6 is 11.3 Å². The van der Waals surface area contributed by atoms with E-state index < -0.39 is 23.5 Å². The third-order valence-corrected chi connectivity index (χ3v) is 4.61. The Bertz CT molecular complexity index is 747. The maximum absolute atomic E-state index is 13.1. The van der Waals surface area contributed by atoms with E-state index in [0.29, 0.717) is 10.9 Å². The molecule has 0 bridgehead atoms. The minimum absolute atomic E-state index is 0.196. The van der Waals surface area contributed by atoms with Crippen molar-refractivity contribution in [2.75, 3.05) is 0 Å². The standard InChI is InChI=1S/C16H16F4N2OS/c1-15(2,3)14-22-8-12(24-14)13(23)21-7-9-4-5-10(17)6-11(9)16(18,19)20/h4-6,8H,7H2,1-3H3,(H,21,23). The first kappa shape index (κ1) is 18.4. The van der Waals surface area contributed by atoms with Crippen molar-refractivity contribution in [3.8, 4) is 0 Å². The number of alkyl halides is 3. The van der Waals surface area contributed by atoms with Crippen LogP contribution in [0.3, 0.4) is 0 Å². The number of aromatic nitrogens is 1.